The number of cyclic esters (lactones) is 1. The van der Waals surface area contributed by atoms with Crippen LogP contribution in [-0.2, 0) is 9.53 Å². The monoisotopic (exact) mass is 294 g/mol. The molecule has 0 saturated carbocycles. The molecule has 0 aromatic carbocycles. The molecule has 0 spiro atoms. The third kappa shape index (κ3) is 2.45. The maximum atomic E-state index is 11.4. The zero-order chi connectivity index (χ0) is 9.84. The van der Waals surface area contributed by atoms with Crippen molar-refractivity contribution >= 4 is 28.6 Å². The molecule has 0 fully saturated rings. The van der Waals surface area contributed by atoms with Crippen molar-refractivity contribution in [1.29, 1.82) is 0 Å². The quantitative estimate of drug-likeness (QED) is 0.454. The molecule has 0 aliphatic carbocycles. The molecule has 74 valence electrons. The lowest BCUT2D eigenvalue weighted by molar-refractivity contribution is -0.148. The summed E-state index contributed by atoms with van der Waals surface area (Å²) in [5.41, 5.74) is 0.831. The molecule has 1 aliphatic rings. The van der Waals surface area contributed by atoms with Gasteiger partial charge in [0, 0.05) is 15.9 Å². The molecule has 2 unspecified atom stereocenters. The number of hydrogen-bond donors (Lipinski definition) is 0. The first-order valence-electron chi connectivity index (χ1n) is 4.70. The molecule has 0 amide bonds. The Bertz CT molecular complexity index is 223. The Labute approximate surface area is 92.9 Å². The summed E-state index contributed by atoms with van der Waals surface area (Å²) in [7, 11) is 0. The molecule has 0 aromatic rings. The van der Waals surface area contributed by atoms with Crippen LogP contribution >= 0.6 is 22.6 Å². The smallest absolute Gasteiger partial charge is 0.334 e. The standard InChI is InChI=1S/C10H15IO2/c1-3-7-5-8(6-11)10(12)13-9(7)4-2/h5,7,9H,3-4,6H2,1-2H3. The number of carbonyl (C=O) groups excluding carboxylic acids is 1. The van der Waals surface area contributed by atoms with Crippen LogP contribution in [0.2, 0.25) is 0 Å². The first-order chi connectivity index (χ1) is 6.22. The van der Waals surface area contributed by atoms with E-state index < -0.39 is 0 Å². The molecule has 1 aliphatic heterocycles. The van der Waals surface area contributed by atoms with Crippen LogP contribution in [0.3, 0.4) is 0 Å². The van der Waals surface area contributed by atoms with Gasteiger partial charge in [0.05, 0.1) is 0 Å². The molecule has 13 heavy (non-hydrogen) atoms. The van der Waals surface area contributed by atoms with Gasteiger partial charge in [0.25, 0.3) is 0 Å². The highest BCUT2D eigenvalue weighted by atomic mass is 127. The Morgan fingerprint density at radius 2 is 2.15 bits per heavy atom. The molecule has 0 radical (unpaired) electrons. The van der Waals surface area contributed by atoms with Crippen LogP contribution in [0.25, 0.3) is 0 Å². The van der Waals surface area contributed by atoms with Gasteiger partial charge in [-0.05, 0) is 12.8 Å². The van der Waals surface area contributed by atoms with E-state index in [1.54, 1.807) is 0 Å². The lowest BCUT2D eigenvalue weighted by Crippen LogP contribution is -2.31. The summed E-state index contributed by atoms with van der Waals surface area (Å²) in [5, 5.41) is 0. The molecule has 0 saturated heterocycles. The maximum absolute atomic E-state index is 11.4. The van der Waals surface area contributed by atoms with Gasteiger partial charge in [-0.2, -0.15) is 0 Å². The van der Waals surface area contributed by atoms with Crippen molar-refractivity contribution in [3.05, 3.63) is 11.6 Å². The Kier molecular flexibility index (Phi) is 4.22. The van der Waals surface area contributed by atoms with E-state index in [1.165, 1.54) is 0 Å². The Balaban J connectivity index is 2.80. The largest absolute Gasteiger partial charge is 0.458 e. The SMILES string of the molecule is CCC1C=C(CI)C(=O)OC1CC. The summed E-state index contributed by atoms with van der Waals surface area (Å²) in [5.74, 6) is 0.304. The van der Waals surface area contributed by atoms with E-state index in [2.05, 4.69) is 42.5 Å². The minimum Gasteiger partial charge on any atom is -0.458 e. The number of halogens is 1. The molecule has 1 heterocycles. The maximum Gasteiger partial charge on any atom is 0.334 e. The summed E-state index contributed by atoms with van der Waals surface area (Å²) >= 11 is 2.20. The van der Waals surface area contributed by atoms with E-state index in [9.17, 15) is 4.79 Å². The van der Waals surface area contributed by atoms with Crippen molar-refractivity contribution in [2.45, 2.75) is 32.8 Å². The Morgan fingerprint density at radius 1 is 1.46 bits per heavy atom. The Morgan fingerprint density at radius 3 is 2.62 bits per heavy atom. The topological polar surface area (TPSA) is 26.3 Å². The fourth-order valence-corrected chi connectivity index (χ4v) is 2.17. The zero-order valence-corrected chi connectivity index (χ0v) is 10.2. The zero-order valence-electron chi connectivity index (χ0n) is 8.05. The molecular weight excluding hydrogens is 279 g/mol. The summed E-state index contributed by atoms with van der Waals surface area (Å²) in [6, 6.07) is 0. The van der Waals surface area contributed by atoms with Crippen LogP contribution in [0.15, 0.2) is 11.6 Å². The van der Waals surface area contributed by atoms with Crippen molar-refractivity contribution in [1.82, 2.24) is 0 Å². The summed E-state index contributed by atoms with van der Waals surface area (Å²) in [4.78, 5) is 11.4. The van der Waals surface area contributed by atoms with Crippen molar-refractivity contribution in [3.8, 4) is 0 Å². The van der Waals surface area contributed by atoms with Gasteiger partial charge >= 0.3 is 5.97 Å². The van der Waals surface area contributed by atoms with Gasteiger partial charge in [0.2, 0.25) is 0 Å². The second-order valence-electron chi connectivity index (χ2n) is 3.25. The second-order valence-corrected chi connectivity index (χ2v) is 4.01. The van der Waals surface area contributed by atoms with Gasteiger partial charge in [0.1, 0.15) is 6.10 Å². The van der Waals surface area contributed by atoms with Crippen LogP contribution in [0.4, 0.5) is 0 Å². The predicted octanol–water partition coefficient (Wildman–Crippen LogP) is 2.71. The average Bonchev–Trinajstić information content (AvgIpc) is 2.17. The van der Waals surface area contributed by atoms with Crippen LogP contribution in [0, 0.1) is 5.92 Å². The van der Waals surface area contributed by atoms with E-state index in [-0.39, 0.29) is 12.1 Å². The van der Waals surface area contributed by atoms with E-state index in [1.807, 2.05) is 0 Å². The normalized spacial score (nSPS) is 28.2. The van der Waals surface area contributed by atoms with Crippen molar-refractivity contribution in [2.75, 3.05) is 4.43 Å². The highest BCUT2D eigenvalue weighted by molar-refractivity contribution is 14.1. The van der Waals surface area contributed by atoms with Crippen LogP contribution in [0.1, 0.15) is 26.7 Å². The highest BCUT2D eigenvalue weighted by Crippen LogP contribution is 2.25. The number of ether oxygens (including phenoxy) is 1. The molecule has 0 N–H and O–H groups in total. The van der Waals surface area contributed by atoms with E-state index in [0.29, 0.717) is 5.92 Å². The lowest BCUT2D eigenvalue weighted by atomic mass is 9.93. The van der Waals surface area contributed by atoms with Crippen LogP contribution in [0.5, 0.6) is 0 Å². The molecule has 0 aromatic heterocycles. The second kappa shape index (κ2) is 4.98. The minimum absolute atomic E-state index is 0.101. The number of carbonyl (C=O) groups is 1. The molecule has 2 atom stereocenters. The molecule has 1 rings (SSSR count). The highest BCUT2D eigenvalue weighted by Gasteiger charge is 2.28. The van der Waals surface area contributed by atoms with Crippen molar-refractivity contribution in [2.24, 2.45) is 5.92 Å². The van der Waals surface area contributed by atoms with Crippen molar-refractivity contribution < 1.29 is 9.53 Å². The summed E-state index contributed by atoms with van der Waals surface area (Å²) < 4.78 is 6.08. The lowest BCUT2D eigenvalue weighted by Gasteiger charge is -2.28. The minimum atomic E-state index is -0.119. The van der Waals surface area contributed by atoms with Crippen LogP contribution in [-0.4, -0.2) is 16.5 Å². The fourth-order valence-electron chi connectivity index (χ4n) is 1.60. The first kappa shape index (κ1) is 11.0. The van der Waals surface area contributed by atoms with Gasteiger partial charge in [-0.25, -0.2) is 4.79 Å². The fraction of sp³-hybridized carbons (Fsp3) is 0.700. The average molecular weight is 294 g/mol. The van der Waals surface area contributed by atoms with E-state index in [0.717, 1.165) is 22.8 Å². The molecule has 2 nitrogen and oxygen atoms in total. The molecular formula is C10H15IO2. The number of esters is 1. The number of rotatable bonds is 3. The van der Waals surface area contributed by atoms with E-state index in [4.69, 9.17) is 4.74 Å². The summed E-state index contributed by atoms with van der Waals surface area (Å²) in [6.07, 6.45) is 4.15. The van der Waals surface area contributed by atoms with Gasteiger partial charge in [-0.1, -0.05) is 42.5 Å². The van der Waals surface area contributed by atoms with Gasteiger partial charge in [-0.15, -0.1) is 0 Å². The predicted molar refractivity (Wildman–Crippen MR) is 60.9 cm³/mol. The molecule has 0 bridgehead atoms. The van der Waals surface area contributed by atoms with E-state index >= 15 is 0 Å². The third-order valence-electron chi connectivity index (χ3n) is 2.43. The first-order valence-corrected chi connectivity index (χ1v) is 6.23. The van der Waals surface area contributed by atoms with Gasteiger partial charge < -0.3 is 4.74 Å². The van der Waals surface area contributed by atoms with Crippen LogP contribution < -0.4 is 0 Å². The molecule has 3 heteroatoms. The Hall–Kier alpha value is -0.0600. The third-order valence-corrected chi connectivity index (χ3v) is 3.25. The van der Waals surface area contributed by atoms with Gasteiger partial charge in [-0.3, -0.25) is 0 Å². The number of alkyl halides is 1. The number of hydrogen-bond acceptors (Lipinski definition) is 2. The van der Waals surface area contributed by atoms with Gasteiger partial charge in [0.15, 0.2) is 0 Å². The van der Waals surface area contributed by atoms with Crippen molar-refractivity contribution in [3.63, 3.8) is 0 Å². The summed E-state index contributed by atoms with van der Waals surface area (Å²) in [6.45, 7) is 4.19.